The Morgan fingerprint density at radius 2 is 2.00 bits per heavy atom. The predicted octanol–water partition coefficient (Wildman–Crippen LogP) is 3.02. The number of aryl methyl sites for hydroxylation is 2. The Morgan fingerprint density at radius 1 is 1.33 bits per heavy atom. The van der Waals surface area contributed by atoms with Gasteiger partial charge in [-0.3, -0.25) is 0 Å². The first-order valence-electron chi connectivity index (χ1n) is 5.26. The molecule has 0 fully saturated rings. The number of benzene rings is 1. The summed E-state index contributed by atoms with van der Waals surface area (Å²) < 4.78 is 51.1. The minimum Gasteiger partial charge on any atom is -0.369 e. The number of rotatable bonds is 2. The van der Waals surface area contributed by atoms with Crippen LogP contribution >= 0.6 is 0 Å². The van der Waals surface area contributed by atoms with Gasteiger partial charge >= 0.3 is 6.18 Å². The summed E-state index contributed by atoms with van der Waals surface area (Å²) in [5.41, 5.74) is 6.56. The van der Waals surface area contributed by atoms with Crippen molar-refractivity contribution in [3.63, 3.8) is 0 Å². The van der Waals surface area contributed by atoms with Crippen molar-refractivity contribution >= 4 is 17.0 Å². The minimum absolute atomic E-state index is 0.0424. The van der Waals surface area contributed by atoms with Crippen LogP contribution in [0.25, 0.3) is 11.0 Å². The third-order valence-electron chi connectivity index (χ3n) is 2.68. The van der Waals surface area contributed by atoms with Gasteiger partial charge in [0.2, 0.25) is 5.95 Å². The van der Waals surface area contributed by atoms with Crippen LogP contribution in [0.1, 0.15) is 12.0 Å². The zero-order chi connectivity index (χ0) is 13.5. The molecule has 1 heterocycles. The second-order valence-electron chi connectivity index (χ2n) is 4.08. The SMILES string of the molecule is Cc1cc2c(cc1F)nc(N)n2CCC(F)(F)F. The van der Waals surface area contributed by atoms with Crippen molar-refractivity contribution in [2.24, 2.45) is 0 Å². The third kappa shape index (κ3) is 2.39. The van der Waals surface area contributed by atoms with E-state index < -0.39 is 18.4 Å². The maximum atomic E-state index is 13.3. The molecule has 0 aliphatic heterocycles. The van der Waals surface area contributed by atoms with Crippen molar-refractivity contribution in [3.8, 4) is 0 Å². The van der Waals surface area contributed by atoms with Gasteiger partial charge in [0.1, 0.15) is 5.82 Å². The molecule has 18 heavy (non-hydrogen) atoms. The highest BCUT2D eigenvalue weighted by Crippen LogP contribution is 2.25. The number of fused-ring (bicyclic) bond motifs is 1. The summed E-state index contributed by atoms with van der Waals surface area (Å²) in [7, 11) is 0. The first kappa shape index (κ1) is 12.7. The number of alkyl halides is 3. The highest BCUT2D eigenvalue weighted by molar-refractivity contribution is 5.79. The minimum atomic E-state index is -4.27. The third-order valence-corrected chi connectivity index (χ3v) is 2.68. The van der Waals surface area contributed by atoms with Crippen molar-refractivity contribution in [1.82, 2.24) is 9.55 Å². The summed E-state index contributed by atoms with van der Waals surface area (Å²) in [6.07, 6.45) is -5.27. The molecule has 0 aliphatic carbocycles. The standard InChI is InChI=1S/C11H11F4N3/c1-6-4-9-8(5-7(6)12)17-10(16)18(9)3-2-11(13,14)15/h4-5H,2-3H2,1H3,(H2,16,17). The molecule has 0 unspecified atom stereocenters. The smallest absolute Gasteiger partial charge is 0.369 e. The summed E-state index contributed by atoms with van der Waals surface area (Å²) in [5.74, 6) is -0.498. The molecule has 0 atom stereocenters. The Kier molecular flexibility index (Phi) is 2.92. The second kappa shape index (κ2) is 4.15. The fourth-order valence-electron chi connectivity index (χ4n) is 1.74. The van der Waals surface area contributed by atoms with Crippen molar-refractivity contribution in [2.75, 3.05) is 5.73 Å². The van der Waals surface area contributed by atoms with Crippen LogP contribution in [0.5, 0.6) is 0 Å². The fraction of sp³-hybridized carbons (Fsp3) is 0.364. The van der Waals surface area contributed by atoms with Crippen molar-refractivity contribution in [2.45, 2.75) is 26.1 Å². The Balaban J connectivity index is 2.44. The van der Waals surface area contributed by atoms with E-state index in [1.807, 2.05) is 0 Å². The first-order valence-corrected chi connectivity index (χ1v) is 5.26. The zero-order valence-corrected chi connectivity index (χ0v) is 9.55. The number of nitrogen functional groups attached to an aromatic ring is 1. The molecule has 7 heteroatoms. The monoisotopic (exact) mass is 261 g/mol. The van der Waals surface area contributed by atoms with E-state index in [1.165, 1.54) is 23.6 Å². The van der Waals surface area contributed by atoms with Gasteiger partial charge in [-0.1, -0.05) is 0 Å². The van der Waals surface area contributed by atoms with E-state index >= 15 is 0 Å². The molecule has 0 bridgehead atoms. The van der Waals surface area contributed by atoms with Gasteiger partial charge in [0.05, 0.1) is 17.5 Å². The van der Waals surface area contributed by atoms with E-state index in [0.29, 0.717) is 11.1 Å². The van der Waals surface area contributed by atoms with Crippen LogP contribution in [0, 0.1) is 12.7 Å². The lowest BCUT2D eigenvalue weighted by Crippen LogP contribution is -2.13. The molecule has 1 aromatic heterocycles. The number of anilines is 1. The molecule has 98 valence electrons. The van der Waals surface area contributed by atoms with Gasteiger partial charge in [-0.2, -0.15) is 13.2 Å². The highest BCUT2D eigenvalue weighted by Gasteiger charge is 2.27. The van der Waals surface area contributed by atoms with Gasteiger partial charge in [-0.05, 0) is 18.6 Å². The number of imidazole rings is 1. The molecular weight excluding hydrogens is 250 g/mol. The van der Waals surface area contributed by atoms with E-state index in [2.05, 4.69) is 4.98 Å². The Morgan fingerprint density at radius 3 is 2.61 bits per heavy atom. The molecule has 3 nitrogen and oxygen atoms in total. The average Bonchev–Trinajstić information content (AvgIpc) is 2.51. The van der Waals surface area contributed by atoms with Crippen LogP contribution in [0.15, 0.2) is 12.1 Å². The Hall–Kier alpha value is -1.79. The summed E-state index contributed by atoms with van der Waals surface area (Å²) in [4.78, 5) is 3.85. The summed E-state index contributed by atoms with van der Waals surface area (Å²) >= 11 is 0. The number of nitrogens with two attached hydrogens (primary N) is 1. The molecule has 0 amide bonds. The lowest BCUT2D eigenvalue weighted by molar-refractivity contribution is -0.136. The molecule has 1 aromatic carbocycles. The molecule has 0 radical (unpaired) electrons. The number of hydrogen-bond acceptors (Lipinski definition) is 2. The van der Waals surface area contributed by atoms with Crippen LogP contribution in [0.3, 0.4) is 0 Å². The first-order chi connectivity index (χ1) is 8.28. The van der Waals surface area contributed by atoms with Crippen LogP contribution in [-0.2, 0) is 6.54 Å². The number of aromatic nitrogens is 2. The van der Waals surface area contributed by atoms with Crippen molar-refractivity contribution in [1.29, 1.82) is 0 Å². The number of halogens is 4. The highest BCUT2D eigenvalue weighted by atomic mass is 19.4. The molecular formula is C11H11F4N3. The summed E-state index contributed by atoms with van der Waals surface area (Å²) in [6, 6.07) is 2.62. The van der Waals surface area contributed by atoms with Gasteiger partial charge in [0, 0.05) is 12.6 Å². The van der Waals surface area contributed by atoms with Gasteiger partial charge < -0.3 is 10.3 Å². The normalized spacial score (nSPS) is 12.3. The van der Waals surface area contributed by atoms with Crippen molar-refractivity contribution in [3.05, 3.63) is 23.5 Å². The number of hydrogen-bond donors (Lipinski definition) is 1. The van der Waals surface area contributed by atoms with Crippen LogP contribution in [-0.4, -0.2) is 15.7 Å². The second-order valence-corrected chi connectivity index (χ2v) is 4.08. The molecule has 0 spiro atoms. The van der Waals surface area contributed by atoms with Crippen LogP contribution in [0.2, 0.25) is 0 Å². The van der Waals surface area contributed by atoms with Crippen molar-refractivity contribution < 1.29 is 17.6 Å². The molecule has 0 saturated carbocycles. The average molecular weight is 261 g/mol. The summed E-state index contributed by atoms with van der Waals surface area (Å²) in [5, 5.41) is 0. The topological polar surface area (TPSA) is 43.8 Å². The maximum absolute atomic E-state index is 13.3. The Labute approximate surface area is 100 Å². The molecule has 0 aliphatic rings. The fourth-order valence-corrected chi connectivity index (χ4v) is 1.74. The van der Waals surface area contributed by atoms with Gasteiger partial charge in [-0.25, -0.2) is 9.37 Å². The lowest BCUT2D eigenvalue weighted by Gasteiger charge is -2.09. The van der Waals surface area contributed by atoms with E-state index in [0.717, 1.165) is 0 Å². The predicted molar refractivity (Wildman–Crippen MR) is 59.5 cm³/mol. The largest absolute Gasteiger partial charge is 0.390 e. The molecule has 0 saturated heterocycles. The van der Waals surface area contributed by atoms with E-state index in [1.54, 1.807) is 0 Å². The van der Waals surface area contributed by atoms with E-state index in [-0.39, 0.29) is 18.0 Å². The molecule has 2 aromatic rings. The summed E-state index contributed by atoms with van der Waals surface area (Å²) in [6.45, 7) is 1.21. The van der Waals surface area contributed by atoms with Gasteiger partial charge in [0.15, 0.2) is 0 Å². The van der Waals surface area contributed by atoms with Crippen LogP contribution < -0.4 is 5.73 Å². The van der Waals surface area contributed by atoms with E-state index in [9.17, 15) is 17.6 Å². The maximum Gasteiger partial charge on any atom is 0.390 e. The zero-order valence-electron chi connectivity index (χ0n) is 9.55. The van der Waals surface area contributed by atoms with E-state index in [4.69, 9.17) is 5.73 Å². The number of nitrogens with zero attached hydrogens (tertiary/aromatic N) is 2. The van der Waals surface area contributed by atoms with Crippen LogP contribution in [0.4, 0.5) is 23.5 Å². The quantitative estimate of drug-likeness (QED) is 0.844. The lowest BCUT2D eigenvalue weighted by atomic mass is 10.2. The molecule has 2 N–H and O–H groups in total. The van der Waals surface area contributed by atoms with Gasteiger partial charge in [-0.15, -0.1) is 0 Å². The molecule has 2 rings (SSSR count). The Bertz CT molecular complexity index is 586. The van der Waals surface area contributed by atoms with Gasteiger partial charge in [0.25, 0.3) is 0 Å².